The summed E-state index contributed by atoms with van der Waals surface area (Å²) < 4.78 is 2.77. The number of rotatable bonds is 1. The molecule has 4 heteroatoms. The molecule has 0 N–H and O–H groups in total. The summed E-state index contributed by atoms with van der Waals surface area (Å²) in [5.41, 5.74) is 10.7. The van der Waals surface area contributed by atoms with Crippen LogP contribution in [0.5, 0.6) is 0 Å². The molecule has 5 aliphatic carbocycles. The zero-order valence-electron chi connectivity index (χ0n) is 44.1. The quantitative estimate of drug-likeness (QED) is 0.119. The van der Waals surface area contributed by atoms with Gasteiger partial charge in [-0.2, -0.15) is 0 Å². The smallest absolute Gasteiger partial charge is 0.0700 e. The van der Waals surface area contributed by atoms with Gasteiger partial charge >= 0.3 is 0 Å². The van der Waals surface area contributed by atoms with E-state index in [1.165, 1.54) is 18.9 Å². The van der Waals surface area contributed by atoms with Crippen molar-refractivity contribution in [2.75, 3.05) is 0 Å². The molecular formula is C83H12S4. The third-order valence-electron chi connectivity index (χ3n) is 28.0. The molecule has 37 rings (SSSR count). The van der Waals surface area contributed by atoms with Gasteiger partial charge in [0.2, 0.25) is 0 Å². The van der Waals surface area contributed by atoms with Crippen molar-refractivity contribution in [2.45, 2.75) is 10.8 Å². The second-order valence-electron chi connectivity index (χ2n) is 29.3. The fourth-order valence-electron chi connectivity index (χ4n) is 27.1. The van der Waals surface area contributed by atoms with Gasteiger partial charge in [-0.3, -0.25) is 0 Å². The van der Waals surface area contributed by atoms with E-state index in [9.17, 15) is 0 Å². The molecule has 368 valence electrons. The van der Waals surface area contributed by atoms with E-state index in [4.69, 9.17) is 0 Å². The summed E-state index contributed by atoms with van der Waals surface area (Å²) >= 11 is 7.40. The van der Waals surface area contributed by atoms with Crippen molar-refractivity contribution < 1.29 is 0 Å². The summed E-state index contributed by atoms with van der Waals surface area (Å²) in [6.07, 6.45) is 0. The maximum absolute atomic E-state index is 4.47. The Labute approximate surface area is 496 Å². The lowest BCUT2D eigenvalue weighted by Gasteiger charge is -2.32. The average Bonchev–Trinajstić information content (AvgIpc) is 1.37. The minimum absolute atomic E-state index is 0.0960. The van der Waals surface area contributed by atoms with E-state index in [1.807, 2.05) is 47.0 Å². The fraction of sp³-hybridized carbons (Fsp3) is 0.0361. The summed E-state index contributed by atoms with van der Waals surface area (Å²) in [6.45, 7) is 0. The average molecular weight is 1140 g/mol. The highest BCUT2D eigenvalue weighted by Crippen LogP contribution is 2.92. The molecule has 0 bridgehead atoms. The molecule has 87 heavy (non-hydrogen) atoms. The Bertz CT molecular complexity index is 8090. The molecule has 1 saturated carbocycles. The molecule has 7 aliphatic rings. The van der Waals surface area contributed by atoms with Crippen molar-refractivity contribution in [1.82, 2.24) is 0 Å². The van der Waals surface area contributed by atoms with Gasteiger partial charge in [0.25, 0.3) is 0 Å². The van der Waals surface area contributed by atoms with E-state index in [0.29, 0.717) is 0 Å². The SMILES string of the molecule is C(#Cc1ccc(C2=CSC(=C3SC=CS3)S2)cc1)c1ccc(C#CC2C34c5c6c7c8c9c%10c(c%11c%12c3c3c5c5c%13c6c6c7c7c9c9c%14c%10c%10c%11c%11c%12c%12c3c3c5c5c%13c%13c6c6c7c9c7c9c%14c%10c%10c%11c%11c%12c3c3c5c5c%13c6c7c6c9c%10c%11c3c56)C824)cc1. The first-order valence-corrected chi connectivity index (χ1v) is 34.6. The first-order chi connectivity index (χ1) is 43.3. The Balaban J connectivity index is 0.741. The van der Waals surface area contributed by atoms with Crippen LogP contribution < -0.4 is 0 Å². The van der Waals surface area contributed by atoms with Crippen LogP contribution in [0, 0.1) is 29.6 Å². The van der Waals surface area contributed by atoms with Gasteiger partial charge in [0.05, 0.1) is 25.2 Å². The summed E-state index contributed by atoms with van der Waals surface area (Å²) in [6, 6.07) is 17.9. The summed E-state index contributed by atoms with van der Waals surface area (Å²) in [5.74, 6) is 15.7. The second kappa shape index (κ2) is 9.09. The van der Waals surface area contributed by atoms with E-state index in [1.54, 1.807) is 313 Å². The van der Waals surface area contributed by atoms with Gasteiger partial charge in [0.1, 0.15) is 0 Å². The van der Waals surface area contributed by atoms with E-state index < -0.39 is 0 Å². The summed E-state index contributed by atoms with van der Waals surface area (Å²) in [7, 11) is 0. The van der Waals surface area contributed by atoms with Crippen molar-refractivity contribution in [3.63, 3.8) is 0 Å². The number of benzene rings is 20. The van der Waals surface area contributed by atoms with E-state index in [0.717, 1.165) is 16.7 Å². The van der Waals surface area contributed by atoms with Crippen LogP contribution in [0.15, 0.2) is 73.2 Å². The number of thioether (sulfide) groups is 4. The molecule has 30 aromatic rings. The van der Waals surface area contributed by atoms with Crippen LogP contribution in [-0.4, -0.2) is 0 Å². The van der Waals surface area contributed by atoms with Gasteiger partial charge in [0.15, 0.2) is 0 Å². The third-order valence-corrected chi connectivity index (χ3v) is 33.1. The van der Waals surface area contributed by atoms with Crippen molar-refractivity contribution in [3.05, 3.63) is 118 Å². The monoisotopic (exact) mass is 1140 g/mol. The molecule has 1 fully saturated rings. The second-order valence-corrected chi connectivity index (χ2v) is 33.5. The van der Waals surface area contributed by atoms with Crippen molar-refractivity contribution >= 4 is 343 Å². The molecule has 30 aromatic carbocycles. The van der Waals surface area contributed by atoms with Crippen LogP contribution in [0.2, 0.25) is 0 Å². The van der Waals surface area contributed by atoms with Gasteiger partial charge < -0.3 is 0 Å². The highest BCUT2D eigenvalue weighted by Gasteiger charge is 2.86. The summed E-state index contributed by atoms with van der Waals surface area (Å²) in [5, 5.41) is 95.7. The topological polar surface area (TPSA) is 0 Å². The predicted octanol–water partition coefficient (Wildman–Crippen LogP) is 23.2. The maximum Gasteiger partial charge on any atom is 0.0700 e. The first kappa shape index (κ1) is 35.9. The third kappa shape index (κ3) is 2.33. The van der Waals surface area contributed by atoms with Gasteiger partial charge in [-0.1, -0.05) is 82.9 Å². The van der Waals surface area contributed by atoms with E-state index >= 15 is 0 Å². The summed E-state index contributed by atoms with van der Waals surface area (Å²) in [4.78, 5) is 1.32. The number of hydrogen-bond acceptors (Lipinski definition) is 4. The van der Waals surface area contributed by atoms with Crippen LogP contribution >= 0.6 is 47.0 Å². The number of hydrogen-bond donors (Lipinski definition) is 0. The predicted molar refractivity (Wildman–Crippen MR) is 378 cm³/mol. The molecule has 0 unspecified atom stereocenters. The van der Waals surface area contributed by atoms with E-state index in [-0.39, 0.29) is 16.7 Å². The highest BCUT2D eigenvalue weighted by atomic mass is 32.2. The van der Waals surface area contributed by atoms with Crippen LogP contribution in [0.1, 0.15) is 44.5 Å². The Morgan fingerprint density at radius 1 is 0.241 bits per heavy atom. The Kier molecular flexibility index (Phi) is 3.76. The Morgan fingerprint density at radius 3 is 0.736 bits per heavy atom. The zero-order valence-corrected chi connectivity index (χ0v) is 47.3. The van der Waals surface area contributed by atoms with Crippen molar-refractivity contribution in [2.24, 2.45) is 5.92 Å². The van der Waals surface area contributed by atoms with Crippen molar-refractivity contribution in [1.29, 1.82) is 0 Å². The van der Waals surface area contributed by atoms with Crippen LogP contribution in [0.4, 0.5) is 0 Å². The van der Waals surface area contributed by atoms with Gasteiger partial charge in [-0.15, -0.1) is 0 Å². The largest absolute Gasteiger partial charge is 0.0918 e. The van der Waals surface area contributed by atoms with Gasteiger partial charge in [0, 0.05) is 21.6 Å². The Morgan fingerprint density at radius 2 is 0.471 bits per heavy atom. The molecule has 0 saturated heterocycles. The molecule has 2 spiro atoms. The van der Waals surface area contributed by atoms with Crippen LogP contribution in [0.25, 0.3) is 296 Å². The lowest BCUT2D eigenvalue weighted by molar-refractivity contribution is 0.731. The van der Waals surface area contributed by atoms with Crippen LogP contribution in [0.3, 0.4) is 0 Å². The normalized spacial score (nSPS) is 22.3. The minimum Gasteiger partial charge on any atom is -0.0918 e. The van der Waals surface area contributed by atoms with Crippen molar-refractivity contribution in [3.8, 4) is 23.7 Å². The molecule has 2 heterocycles. The lowest BCUT2D eigenvalue weighted by atomic mass is 9.68. The molecule has 0 nitrogen and oxygen atoms in total. The molecule has 0 aromatic heterocycles. The molecule has 0 radical (unpaired) electrons. The minimum atomic E-state index is -0.288. The Hall–Kier alpha value is -9.36. The fourth-order valence-corrected chi connectivity index (χ4v) is 31.5. The molecular weight excluding hydrogens is 1130 g/mol. The highest BCUT2D eigenvalue weighted by molar-refractivity contribution is 8.35. The first-order valence-electron chi connectivity index (χ1n) is 31.1. The van der Waals surface area contributed by atoms with Gasteiger partial charge in [-0.25, -0.2) is 0 Å². The van der Waals surface area contributed by atoms with E-state index in [2.05, 4.69) is 88.4 Å². The standard InChI is InChI=1S/C83H12S4/c1-4-17(5-2-16(1)3-6-18-7-10-19(11-8-18)20-15-86-81(87-20)80-84-13-14-85-80)9-12-21-82-76-68-60-50-40-32-24-22-23-26-30-28(24)36-44-38(30)48-42-34(26)35-27(23)31-29-25(22)33(32)41-47-37(29)45-39(31)49-43(35)53-52(42)62-56(48)66-58(44)64(54(60)46(36)40)72(76)74(66)78-70(62)71-63(53)57(49)67-59(45)65-55(47)61(51(41)50)69(68)77(82)73(65)75(67)79(71)83(21,78)82/h1-2,4-5,7-8,10-11,13-15,21H. The zero-order chi connectivity index (χ0) is 52.5. The molecule has 0 amide bonds. The van der Waals surface area contributed by atoms with Gasteiger partial charge in [-0.05, 0) is 371 Å². The maximum atomic E-state index is 4.47. The lowest BCUT2D eigenvalue weighted by Crippen LogP contribution is -2.27. The molecule has 2 aliphatic heterocycles. The van der Waals surface area contributed by atoms with Crippen LogP contribution in [-0.2, 0) is 10.8 Å². The molecule has 0 atom stereocenters.